The van der Waals surface area contributed by atoms with Gasteiger partial charge in [-0.15, -0.1) is 0 Å². The Morgan fingerprint density at radius 1 is 0.919 bits per heavy atom. The van der Waals surface area contributed by atoms with Crippen molar-refractivity contribution in [3.63, 3.8) is 0 Å². The van der Waals surface area contributed by atoms with Crippen LogP contribution in [0.4, 0.5) is 0 Å². The molecule has 1 aliphatic heterocycles. The van der Waals surface area contributed by atoms with Crippen molar-refractivity contribution in [2.24, 2.45) is 0 Å². The van der Waals surface area contributed by atoms with Gasteiger partial charge < -0.3 is 24.2 Å². The minimum absolute atomic E-state index is 0.0194. The van der Waals surface area contributed by atoms with Crippen molar-refractivity contribution in [3.05, 3.63) is 95.1 Å². The molecule has 3 aromatic carbocycles. The van der Waals surface area contributed by atoms with Gasteiger partial charge in [0, 0.05) is 17.7 Å². The van der Waals surface area contributed by atoms with E-state index in [1.165, 1.54) is 12.0 Å². The number of hydrogen-bond acceptors (Lipinski definition) is 6. The number of carbonyl (C=O) groups excluding carboxylic acids is 2. The average Bonchev–Trinajstić information content (AvgIpc) is 3.16. The zero-order chi connectivity index (χ0) is 26.5. The zero-order valence-corrected chi connectivity index (χ0v) is 21.4. The highest BCUT2D eigenvalue weighted by Gasteiger charge is 2.46. The molecule has 7 nitrogen and oxygen atoms in total. The maximum atomic E-state index is 13.4. The molecule has 0 radical (unpaired) electrons. The van der Waals surface area contributed by atoms with Crippen LogP contribution in [0.15, 0.2) is 78.4 Å². The molecule has 7 heteroatoms. The number of carbonyl (C=O) groups is 2. The van der Waals surface area contributed by atoms with E-state index in [2.05, 4.69) is 0 Å². The van der Waals surface area contributed by atoms with E-state index in [9.17, 15) is 14.7 Å². The van der Waals surface area contributed by atoms with Crippen LogP contribution in [0.1, 0.15) is 36.6 Å². The van der Waals surface area contributed by atoms with Crippen LogP contribution in [0.5, 0.6) is 17.2 Å². The third-order valence-corrected chi connectivity index (χ3v) is 6.25. The van der Waals surface area contributed by atoms with E-state index in [0.29, 0.717) is 29.0 Å². The van der Waals surface area contributed by atoms with Crippen LogP contribution < -0.4 is 14.2 Å². The van der Waals surface area contributed by atoms with Gasteiger partial charge in [0.25, 0.3) is 11.7 Å². The number of nitrogens with zero attached hydrogens (tertiary/aromatic N) is 1. The normalized spacial score (nSPS) is 16.8. The van der Waals surface area contributed by atoms with E-state index in [4.69, 9.17) is 14.2 Å². The predicted octanol–water partition coefficient (Wildman–Crippen LogP) is 5.16. The Bertz CT molecular complexity index is 1310. The number of aliphatic hydroxyl groups is 1. The van der Waals surface area contributed by atoms with Gasteiger partial charge in [-0.05, 0) is 56.2 Å². The van der Waals surface area contributed by atoms with Crippen LogP contribution in [0.25, 0.3) is 5.76 Å². The Balaban J connectivity index is 1.78. The summed E-state index contributed by atoms with van der Waals surface area (Å²) in [4.78, 5) is 28.2. The summed E-state index contributed by atoms with van der Waals surface area (Å²) >= 11 is 0. The summed E-state index contributed by atoms with van der Waals surface area (Å²) < 4.78 is 16.6. The second-order valence-corrected chi connectivity index (χ2v) is 9.03. The first kappa shape index (κ1) is 25.8. The highest BCUT2D eigenvalue weighted by atomic mass is 16.5. The third-order valence-electron chi connectivity index (χ3n) is 6.25. The molecular weight excluding hydrogens is 470 g/mol. The van der Waals surface area contributed by atoms with Crippen molar-refractivity contribution in [2.75, 3.05) is 20.8 Å². The van der Waals surface area contributed by atoms with Gasteiger partial charge in [0.15, 0.2) is 0 Å². The number of likely N-dealkylation sites (tertiary alicyclic amines) is 1. The van der Waals surface area contributed by atoms with E-state index in [1.807, 2.05) is 50.2 Å². The number of rotatable bonds is 9. The third kappa shape index (κ3) is 5.45. The van der Waals surface area contributed by atoms with Crippen LogP contribution in [0.3, 0.4) is 0 Å². The molecule has 1 atom stereocenters. The van der Waals surface area contributed by atoms with E-state index >= 15 is 0 Å². The first-order valence-electron chi connectivity index (χ1n) is 12.2. The number of methoxy groups -OCH3 is 2. The molecule has 4 rings (SSSR count). The highest BCUT2D eigenvalue weighted by molar-refractivity contribution is 6.46. The Hall–Kier alpha value is -4.26. The first-order chi connectivity index (χ1) is 17.8. The zero-order valence-electron chi connectivity index (χ0n) is 21.4. The fourth-order valence-electron chi connectivity index (χ4n) is 4.51. The standard InChI is InChI=1S/C30H31NO6/c1-19(2)37-23-9-7-8-21(18-23)28(32)26-27(24-10-5-6-11-25(24)36-4)31(30(34)29(26)33)17-16-20-12-14-22(35-3)15-13-20/h5-15,18-19,27,32H,16-17H2,1-4H3/b28-26+. The lowest BCUT2D eigenvalue weighted by atomic mass is 9.94. The molecule has 37 heavy (non-hydrogen) atoms. The van der Waals surface area contributed by atoms with Gasteiger partial charge in [0.2, 0.25) is 0 Å². The molecule has 1 saturated heterocycles. The number of ether oxygens (including phenoxy) is 3. The minimum atomic E-state index is -0.816. The molecule has 1 aliphatic rings. The summed E-state index contributed by atoms with van der Waals surface area (Å²) in [6.07, 6.45) is 0.454. The van der Waals surface area contributed by atoms with Crippen molar-refractivity contribution >= 4 is 17.4 Å². The van der Waals surface area contributed by atoms with Crippen LogP contribution >= 0.6 is 0 Å². The molecule has 1 fully saturated rings. The van der Waals surface area contributed by atoms with Gasteiger partial charge in [0.05, 0.1) is 31.9 Å². The molecule has 1 amide bonds. The summed E-state index contributed by atoms with van der Waals surface area (Å²) in [7, 11) is 3.14. The second-order valence-electron chi connectivity index (χ2n) is 9.03. The molecule has 192 valence electrons. The van der Waals surface area contributed by atoms with Crippen molar-refractivity contribution < 1.29 is 28.9 Å². The molecule has 0 saturated carbocycles. The van der Waals surface area contributed by atoms with Crippen molar-refractivity contribution in [1.29, 1.82) is 0 Å². The number of ketones is 1. The van der Waals surface area contributed by atoms with E-state index in [0.717, 1.165) is 11.3 Å². The predicted molar refractivity (Wildman–Crippen MR) is 141 cm³/mol. The molecule has 0 bridgehead atoms. The molecule has 1 heterocycles. The van der Waals surface area contributed by atoms with Crippen molar-refractivity contribution in [3.8, 4) is 17.2 Å². The lowest BCUT2D eigenvalue weighted by molar-refractivity contribution is -0.139. The Kier molecular flexibility index (Phi) is 7.82. The first-order valence-corrected chi connectivity index (χ1v) is 12.2. The fourth-order valence-corrected chi connectivity index (χ4v) is 4.51. The highest BCUT2D eigenvalue weighted by Crippen LogP contribution is 2.43. The second kappa shape index (κ2) is 11.2. The summed E-state index contributed by atoms with van der Waals surface area (Å²) in [5, 5.41) is 11.4. The van der Waals surface area contributed by atoms with Gasteiger partial charge in [-0.2, -0.15) is 0 Å². The van der Waals surface area contributed by atoms with Gasteiger partial charge in [-0.3, -0.25) is 9.59 Å². The van der Waals surface area contributed by atoms with Crippen molar-refractivity contribution in [1.82, 2.24) is 4.90 Å². The molecule has 0 aliphatic carbocycles. The molecule has 0 spiro atoms. The molecular formula is C30H31NO6. The van der Waals surface area contributed by atoms with Crippen molar-refractivity contribution in [2.45, 2.75) is 32.4 Å². The van der Waals surface area contributed by atoms with Gasteiger partial charge >= 0.3 is 0 Å². The quantitative estimate of drug-likeness (QED) is 0.248. The smallest absolute Gasteiger partial charge is 0.295 e. The summed E-state index contributed by atoms with van der Waals surface area (Å²) in [6.45, 7) is 4.08. The van der Waals surface area contributed by atoms with E-state index in [1.54, 1.807) is 43.5 Å². The van der Waals surface area contributed by atoms with Gasteiger partial charge in [0.1, 0.15) is 23.0 Å². The number of aliphatic hydroxyl groups excluding tert-OH is 1. The van der Waals surface area contributed by atoms with Crippen LogP contribution in [0.2, 0.25) is 0 Å². The molecule has 1 N–H and O–H groups in total. The van der Waals surface area contributed by atoms with Gasteiger partial charge in [-0.1, -0.05) is 42.5 Å². The molecule has 1 unspecified atom stereocenters. The summed E-state index contributed by atoms with van der Waals surface area (Å²) in [5.41, 5.74) is 2.02. The number of para-hydroxylation sites is 1. The maximum absolute atomic E-state index is 13.4. The van der Waals surface area contributed by atoms with E-state index in [-0.39, 0.29) is 24.0 Å². The molecule has 3 aromatic rings. The monoisotopic (exact) mass is 501 g/mol. The lowest BCUT2D eigenvalue weighted by Gasteiger charge is -2.26. The van der Waals surface area contributed by atoms with Crippen LogP contribution in [-0.2, 0) is 16.0 Å². The number of hydrogen-bond donors (Lipinski definition) is 1. The van der Waals surface area contributed by atoms with Crippen LogP contribution in [-0.4, -0.2) is 48.6 Å². The average molecular weight is 502 g/mol. The number of amides is 1. The molecule has 0 aromatic heterocycles. The Morgan fingerprint density at radius 2 is 1.65 bits per heavy atom. The Labute approximate surface area is 216 Å². The SMILES string of the molecule is COc1ccc(CCN2C(=O)C(=O)/C(=C(/O)c3cccc(OC(C)C)c3)C2c2ccccc2OC)cc1. The maximum Gasteiger partial charge on any atom is 0.295 e. The van der Waals surface area contributed by atoms with E-state index < -0.39 is 17.7 Å². The summed E-state index contributed by atoms with van der Waals surface area (Å²) in [5.74, 6) is 0.157. The van der Waals surface area contributed by atoms with Gasteiger partial charge in [-0.25, -0.2) is 0 Å². The van der Waals surface area contributed by atoms with Crippen LogP contribution in [0, 0.1) is 0 Å². The lowest BCUT2D eigenvalue weighted by Crippen LogP contribution is -2.31. The number of Topliss-reactive ketones (excluding diaryl/α,β-unsaturated/α-hetero) is 1. The minimum Gasteiger partial charge on any atom is -0.507 e. The number of benzene rings is 3. The fraction of sp³-hybridized carbons (Fsp3) is 0.267. The Morgan fingerprint density at radius 3 is 2.32 bits per heavy atom. The largest absolute Gasteiger partial charge is 0.507 e. The summed E-state index contributed by atoms with van der Waals surface area (Å²) in [6, 6.07) is 20.8. The topological polar surface area (TPSA) is 85.3 Å².